The molecule has 0 atom stereocenters. The zero-order chi connectivity index (χ0) is 19.3. The van der Waals surface area contributed by atoms with E-state index in [-0.39, 0.29) is 17.5 Å². The van der Waals surface area contributed by atoms with Gasteiger partial charge in [0.05, 0.1) is 16.8 Å². The van der Waals surface area contributed by atoms with Crippen LogP contribution in [0.4, 0.5) is 11.5 Å². The largest absolute Gasteiger partial charge is 0.320 e. The summed E-state index contributed by atoms with van der Waals surface area (Å²) in [6.45, 7) is 0. The molecule has 4 aromatic rings. The normalized spacial score (nSPS) is 10.4. The Labute approximate surface area is 161 Å². The summed E-state index contributed by atoms with van der Waals surface area (Å²) in [5.41, 5.74) is 1.74. The van der Waals surface area contributed by atoms with Crippen molar-refractivity contribution in [3.63, 3.8) is 0 Å². The molecule has 4 rings (SSSR count). The van der Waals surface area contributed by atoms with E-state index >= 15 is 0 Å². The summed E-state index contributed by atoms with van der Waals surface area (Å²) in [5, 5.41) is 6.45. The fourth-order valence-electron chi connectivity index (χ4n) is 2.79. The van der Waals surface area contributed by atoms with E-state index in [9.17, 15) is 9.59 Å². The van der Waals surface area contributed by atoms with Crippen LogP contribution in [0.2, 0.25) is 0 Å². The van der Waals surface area contributed by atoms with Crippen molar-refractivity contribution in [2.24, 2.45) is 0 Å². The topological polar surface area (TPSA) is 84.0 Å². The SMILES string of the molecule is O=C(Nc1ccccc1C(=O)Nc1ccccn1)c1ccc2ccccc2n1. The molecule has 0 unspecified atom stereocenters. The number of pyridine rings is 2. The average molecular weight is 368 g/mol. The number of aromatic nitrogens is 2. The number of hydrogen-bond donors (Lipinski definition) is 2. The molecule has 2 N–H and O–H groups in total. The van der Waals surface area contributed by atoms with Gasteiger partial charge in [-0.1, -0.05) is 42.5 Å². The highest BCUT2D eigenvalue weighted by Gasteiger charge is 2.15. The van der Waals surface area contributed by atoms with Crippen LogP contribution >= 0.6 is 0 Å². The first-order valence-corrected chi connectivity index (χ1v) is 8.69. The molecule has 0 bridgehead atoms. The first kappa shape index (κ1) is 17.4. The first-order chi connectivity index (χ1) is 13.7. The van der Waals surface area contributed by atoms with E-state index in [0.29, 0.717) is 17.1 Å². The minimum atomic E-state index is -0.385. The molecule has 0 saturated heterocycles. The number of anilines is 2. The van der Waals surface area contributed by atoms with Crippen LogP contribution in [0.5, 0.6) is 0 Å². The number of hydrogen-bond acceptors (Lipinski definition) is 4. The molecule has 0 radical (unpaired) electrons. The van der Waals surface area contributed by atoms with Gasteiger partial charge in [0.25, 0.3) is 11.8 Å². The summed E-state index contributed by atoms with van der Waals surface area (Å²) in [5.74, 6) is -0.310. The summed E-state index contributed by atoms with van der Waals surface area (Å²) in [6.07, 6.45) is 1.59. The Bertz CT molecular complexity index is 1160. The Hall–Kier alpha value is -4.06. The van der Waals surface area contributed by atoms with Gasteiger partial charge in [0, 0.05) is 11.6 Å². The second kappa shape index (κ2) is 7.67. The lowest BCUT2D eigenvalue weighted by Gasteiger charge is -2.11. The summed E-state index contributed by atoms with van der Waals surface area (Å²) in [4.78, 5) is 33.8. The third-order valence-corrected chi connectivity index (χ3v) is 4.16. The third-order valence-electron chi connectivity index (χ3n) is 4.16. The van der Waals surface area contributed by atoms with E-state index in [1.165, 1.54) is 0 Å². The van der Waals surface area contributed by atoms with E-state index in [4.69, 9.17) is 0 Å². The Morgan fingerprint density at radius 3 is 2.36 bits per heavy atom. The van der Waals surface area contributed by atoms with Crippen molar-refractivity contribution in [3.8, 4) is 0 Å². The van der Waals surface area contributed by atoms with E-state index in [2.05, 4.69) is 20.6 Å². The zero-order valence-electron chi connectivity index (χ0n) is 14.8. The quantitative estimate of drug-likeness (QED) is 0.567. The highest BCUT2D eigenvalue weighted by Crippen LogP contribution is 2.18. The lowest BCUT2D eigenvalue weighted by Crippen LogP contribution is -2.19. The van der Waals surface area contributed by atoms with Crippen LogP contribution in [0.1, 0.15) is 20.8 Å². The van der Waals surface area contributed by atoms with Gasteiger partial charge in [0.1, 0.15) is 11.5 Å². The van der Waals surface area contributed by atoms with Gasteiger partial charge < -0.3 is 10.6 Å². The maximum Gasteiger partial charge on any atom is 0.274 e. The van der Waals surface area contributed by atoms with Gasteiger partial charge >= 0.3 is 0 Å². The lowest BCUT2D eigenvalue weighted by molar-refractivity contribution is 0.102. The van der Waals surface area contributed by atoms with Crippen LogP contribution in [0.15, 0.2) is 85.1 Å². The number of rotatable bonds is 4. The molecule has 0 aliphatic carbocycles. The molecule has 0 spiro atoms. The molecule has 136 valence electrons. The number of carbonyl (C=O) groups excluding carboxylic acids is 2. The first-order valence-electron chi connectivity index (χ1n) is 8.69. The molecular weight excluding hydrogens is 352 g/mol. The van der Waals surface area contributed by atoms with E-state index in [0.717, 1.165) is 10.9 Å². The van der Waals surface area contributed by atoms with Crippen LogP contribution in [0.3, 0.4) is 0 Å². The average Bonchev–Trinajstić information content (AvgIpc) is 2.74. The van der Waals surface area contributed by atoms with Crippen LogP contribution in [0.25, 0.3) is 10.9 Å². The Kier molecular flexibility index (Phi) is 4.76. The van der Waals surface area contributed by atoms with Crippen molar-refractivity contribution >= 4 is 34.2 Å². The molecule has 2 heterocycles. The zero-order valence-corrected chi connectivity index (χ0v) is 14.8. The number of nitrogens with zero attached hydrogens (tertiary/aromatic N) is 2. The summed E-state index contributed by atoms with van der Waals surface area (Å²) in [6, 6.07) is 23.1. The molecule has 28 heavy (non-hydrogen) atoms. The van der Waals surface area contributed by atoms with E-state index < -0.39 is 0 Å². The maximum absolute atomic E-state index is 12.7. The Morgan fingerprint density at radius 1 is 0.714 bits per heavy atom. The second-order valence-corrected chi connectivity index (χ2v) is 6.06. The molecule has 6 nitrogen and oxygen atoms in total. The predicted molar refractivity (Wildman–Crippen MR) is 108 cm³/mol. The van der Waals surface area contributed by atoms with Crippen LogP contribution in [-0.4, -0.2) is 21.8 Å². The monoisotopic (exact) mass is 368 g/mol. The smallest absolute Gasteiger partial charge is 0.274 e. The van der Waals surface area contributed by atoms with Crippen molar-refractivity contribution in [3.05, 3.63) is 96.3 Å². The van der Waals surface area contributed by atoms with Crippen molar-refractivity contribution in [2.75, 3.05) is 10.6 Å². The maximum atomic E-state index is 12.7. The van der Waals surface area contributed by atoms with Crippen LogP contribution in [0, 0.1) is 0 Å². The molecule has 0 saturated carbocycles. The molecule has 2 aromatic heterocycles. The number of para-hydroxylation sites is 2. The Balaban J connectivity index is 1.57. The number of carbonyl (C=O) groups is 2. The van der Waals surface area contributed by atoms with Crippen LogP contribution < -0.4 is 10.6 Å². The van der Waals surface area contributed by atoms with E-state index in [1.807, 2.05) is 30.3 Å². The molecular formula is C22H16N4O2. The molecule has 2 amide bonds. The van der Waals surface area contributed by atoms with Gasteiger partial charge in [0.2, 0.25) is 0 Å². The number of benzene rings is 2. The molecule has 0 aliphatic rings. The summed E-state index contributed by atoms with van der Waals surface area (Å²) < 4.78 is 0. The molecule has 0 aliphatic heterocycles. The van der Waals surface area contributed by atoms with E-state index in [1.54, 1.807) is 54.7 Å². The summed E-state index contributed by atoms with van der Waals surface area (Å²) >= 11 is 0. The number of nitrogens with one attached hydrogen (secondary N) is 2. The highest BCUT2D eigenvalue weighted by molar-refractivity contribution is 6.12. The number of amides is 2. The summed E-state index contributed by atoms with van der Waals surface area (Å²) in [7, 11) is 0. The lowest BCUT2D eigenvalue weighted by atomic mass is 10.1. The molecule has 0 fully saturated rings. The fraction of sp³-hybridized carbons (Fsp3) is 0. The minimum Gasteiger partial charge on any atom is -0.320 e. The second-order valence-electron chi connectivity index (χ2n) is 6.06. The van der Waals surface area contributed by atoms with Gasteiger partial charge in [-0.05, 0) is 36.4 Å². The third kappa shape index (κ3) is 3.71. The van der Waals surface area contributed by atoms with Gasteiger partial charge in [-0.15, -0.1) is 0 Å². The van der Waals surface area contributed by atoms with Crippen molar-refractivity contribution in [1.82, 2.24) is 9.97 Å². The highest BCUT2D eigenvalue weighted by atomic mass is 16.2. The van der Waals surface area contributed by atoms with Crippen LogP contribution in [-0.2, 0) is 0 Å². The van der Waals surface area contributed by atoms with Gasteiger partial charge in [-0.2, -0.15) is 0 Å². The predicted octanol–water partition coefficient (Wildman–Crippen LogP) is 4.13. The number of fused-ring (bicyclic) bond motifs is 1. The standard InChI is InChI=1S/C22H16N4O2/c27-21(26-20-11-5-6-14-23-20)16-8-2-4-10-18(16)25-22(28)19-13-12-15-7-1-3-9-17(15)24-19/h1-14H,(H,25,28)(H,23,26,27). The fourth-order valence-corrected chi connectivity index (χ4v) is 2.79. The van der Waals surface area contributed by atoms with Gasteiger partial charge in [0.15, 0.2) is 0 Å². The van der Waals surface area contributed by atoms with Gasteiger partial charge in [-0.25, -0.2) is 9.97 Å². The minimum absolute atomic E-state index is 0.277. The Morgan fingerprint density at radius 2 is 1.50 bits per heavy atom. The van der Waals surface area contributed by atoms with Crippen molar-refractivity contribution in [2.45, 2.75) is 0 Å². The molecule has 2 aromatic carbocycles. The van der Waals surface area contributed by atoms with Gasteiger partial charge in [-0.3, -0.25) is 9.59 Å². The molecule has 6 heteroatoms. The van der Waals surface area contributed by atoms with Crippen molar-refractivity contribution < 1.29 is 9.59 Å². The van der Waals surface area contributed by atoms with Crippen molar-refractivity contribution in [1.29, 1.82) is 0 Å².